The molecule has 0 bridgehead atoms. The molecule has 98 valence electrons. The lowest BCUT2D eigenvalue weighted by Crippen LogP contribution is -2.02. The van der Waals surface area contributed by atoms with Crippen LogP contribution < -0.4 is 10.5 Å². The number of nitrogens with zero attached hydrogens (tertiary/aromatic N) is 2. The van der Waals surface area contributed by atoms with Crippen LogP contribution in [0.25, 0.3) is 0 Å². The smallest absolute Gasteiger partial charge is 0.329 e. The Balaban J connectivity index is 2.19. The average molecular weight is 259 g/mol. The molecule has 0 amide bonds. The third-order valence-electron chi connectivity index (χ3n) is 2.54. The molecule has 0 fully saturated rings. The Kier molecular flexibility index (Phi) is 4.04. The number of rotatable bonds is 5. The first-order valence-corrected chi connectivity index (χ1v) is 5.76. The van der Waals surface area contributed by atoms with E-state index in [1.165, 1.54) is 12.3 Å². The van der Waals surface area contributed by atoms with Gasteiger partial charge in [0, 0.05) is 12.3 Å². The molecule has 2 N–H and O–H groups in total. The van der Waals surface area contributed by atoms with Crippen LogP contribution in [0.1, 0.15) is 5.56 Å². The molecule has 0 atom stereocenters. The lowest BCUT2D eigenvalue weighted by atomic mass is 10.1. The quantitative estimate of drug-likeness (QED) is 0.657. The Morgan fingerprint density at radius 3 is 2.63 bits per heavy atom. The minimum absolute atomic E-state index is 0.159. The molecule has 0 spiro atoms. The number of ether oxygens (including phenoxy) is 1. The molecule has 6 heteroatoms. The zero-order chi connectivity index (χ0) is 13.7. The molecule has 0 radical (unpaired) electrons. The van der Waals surface area contributed by atoms with Gasteiger partial charge in [-0.1, -0.05) is 12.1 Å². The summed E-state index contributed by atoms with van der Waals surface area (Å²) < 4.78 is 5.49. The molecule has 6 nitrogen and oxygen atoms in total. The van der Waals surface area contributed by atoms with Gasteiger partial charge in [-0.2, -0.15) is 0 Å². The van der Waals surface area contributed by atoms with Gasteiger partial charge in [-0.3, -0.25) is 15.1 Å². The maximum atomic E-state index is 10.8. The van der Waals surface area contributed by atoms with E-state index in [4.69, 9.17) is 10.5 Å². The van der Waals surface area contributed by atoms with Crippen molar-refractivity contribution < 1.29 is 9.66 Å². The van der Waals surface area contributed by atoms with Gasteiger partial charge in [-0.15, -0.1) is 0 Å². The summed E-state index contributed by atoms with van der Waals surface area (Å²) in [6.07, 6.45) is 3.40. The predicted octanol–water partition coefficient (Wildman–Crippen LogP) is 2.28. The third kappa shape index (κ3) is 3.26. The summed E-state index contributed by atoms with van der Waals surface area (Å²) in [5.74, 6) is 0.710. The Morgan fingerprint density at radius 1 is 1.26 bits per heavy atom. The maximum Gasteiger partial charge on any atom is 0.329 e. The van der Waals surface area contributed by atoms with Gasteiger partial charge in [-0.05, 0) is 30.7 Å². The molecular formula is C13H13N3O3. The van der Waals surface area contributed by atoms with Gasteiger partial charge in [-0.25, -0.2) is 0 Å². The number of aromatic nitrogens is 1. The van der Waals surface area contributed by atoms with E-state index >= 15 is 0 Å². The summed E-state index contributed by atoms with van der Waals surface area (Å²) in [6.45, 7) is 0.579. The zero-order valence-electron chi connectivity index (χ0n) is 10.2. The lowest BCUT2D eigenvalue weighted by Gasteiger charge is -2.06. The van der Waals surface area contributed by atoms with Crippen LogP contribution in [0.15, 0.2) is 42.7 Å². The van der Waals surface area contributed by atoms with E-state index in [0.717, 1.165) is 18.2 Å². The van der Waals surface area contributed by atoms with Crippen LogP contribution >= 0.6 is 0 Å². The fourth-order valence-electron chi connectivity index (χ4n) is 1.61. The molecule has 2 aromatic rings. The van der Waals surface area contributed by atoms with Crippen LogP contribution in [-0.4, -0.2) is 16.5 Å². The molecule has 1 heterocycles. The number of benzene rings is 1. The van der Waals surface area contributed by atoms with Gasteiger partial charge in [0.2, 0.25) is 5.75 Å². The van der Waals surface area contributed by atoms with Crippen molar-refractivity contribution in [2.24, 2.45) is 5.73 Å². The molecule has 0 aliphatic heterocycles. The van der Waals surface area contributed by atoms with E-state index in [0.29, 0.717) is 12.3 Å². The number of nitro groups is 1. The van der Waals surface area contributed by atoms with Gasteiger partial charge < -0.3 is 10.5 Å². The summed E-state index contributed by atoms with van der Waals surface area (Å²) >= 11 is 0. The fraction of sp³-hybridized carbons (Fsp3) is 0.154. The fourth-order valence-corrected chi connectivity index (χ4v) is 1.61. The molecule has 1 aromatic heterocycles. The Labute approximate surface area is 110 Å². The van der Waals surface area contributed by atoms with Gasteiger partial charge in [0.25, 0.3) is 0 Å². The van der Waals surface area contributed by atoms with Crippen LogP contribution in [0.3, 0.4) is 0 Å². The Bertz CT molecular complexity index is 570. The summed E-state index contributed by atoms with van der Waals surface area (Å²) in [7, 11) is 0. The largest absolute Gasteiger partial charge is 0.450 e. The van der Waals surface area contributed by atoms with Crippen molar-refractivity contribution in [3.8, 4) is 11.5 Å². The standard InChI is InChI=1S/C13H13N3O3/c14-7-5-10-1-3-11(4-2-10)19-13-6-8-15-9-12(13)16(17)18/h1-4,6,8-9H,5,7,14H2. The molecule has 0 saturated heterocycles. The van der Waals surface area contributed by atoms with E-state index in [1.807, 2.05) is 12.1 Å². The second-order valence-electron chi connectivity index (χ2n) is 3.89. The Hall–Kier alpha value is -2.47. The minimum Gasteiger partial charge on any atom is -0.450 e. The molecule has 1 aromatic carbocycles. The van der Waals surface area contributed by atoms with Crippen LogP contribution in [-0.2, 0) is 6.42 Å². The van der Waals surface area contributed by atoms with Crippen molar-refractivity contribution in [2.45, 2.75) is 6.42 Å². The monoisotopic (exact) mass is 259 g/mol. The number of pyridine rings is 1. The summed E-state index contributed by atoms with van der Waals surface area (Å²) in [5.41, 5.74) is 6.40. The molecule has 19 heavy (non-hydrogen) atoms. The number of hydrogen-bond donors (Lipinski definition) is 1. The predicted molar refractivity (Wildman–Crippen MR) is 70.2 cm³/mol. The third-order valence-corrected chi connectivity index (χ3v) is 2.54. The Morgan fingerprint density at radius 2 is 2.00 bits per heavy atom. The first-order valence-electron chi connectivity index (χ1n) is 5.76. The second kappa shape index (κ2) is 5.92. The van der Waals surface area contributed by atoms with E-state index in [2.05, 4.69) is 4.98 Å². The molecule has 2 rings (SSSR count). The average Bonchev–Trinajstić information content (AvgIpc) is 2.42. The number of nitrogens with two attached hydrogens (primary N) is 1. The van der Waals surface area contributed by atoms with Gasteiger partial charge in [0.1, 0.15) is 11.9 Å². The maximum absolute atomic E-state index is 10.8. The summed E-state index contributed by atoms with van der Waals surface area (Å²) in [5, 5.41) is 10.8. The van der Waals surface area contributed by atoms with Crippen LogP contribution in [0.4, 0.5) is 5.69 Å². The van der Waals surface area contributed by atoms with Crippen LogP contribution in [0.5, 0.6) is 11.5 Å². The lowest BCUT2D eigenvalue weighted by molar-refractivity contribution is -0.386. The highest BCUT2D eigenvalue weighted by Gasteiger charge is 2.15. The SMILES string of the molecule is NCCc1ccc(Oc2ccncc2[N+](=O)[O-])cc1. The van der Waals surface area contributed by atoms with Crippen LogP contribution in [0.2, 0.25) is 0 Å². The van der Waals surface area contributed by atoms with Crippen molar-refractivity contribution in [1.82, 2.24) is 4.98 Å². The highest BCUT2D eigenvalue weighted by molar-refractivity contribution is 5.46. The van der Waals surface area contributed by atoms with E-state index in [-0.39, 0.29) is 11.4 Å². The first kappa shape index (κ1) is 13.0. The van der Waals surface area contributed by atoms with Crippen molar-refractivity contribution in [3.63, 3.8) is 0 Å². The van der Waals surface area contributed by atoms with E-state index in [1.54, 1.807) is 12.1 Å². The zero-order valence-corrected chi connectivity index (χ0v) is 10.2. The molecular weight excluding hydrogens is 246 g/mol. The summed E-state index contributed by atoms with van der Waals surface area (Å²) in [4.78, 5) is 14.0. The minimum atomic E-state index is -0.523. The van der Waals surface area contributed by atoms with Crippen LogP contribution in [0, 0.1) is 10.1 Å². The molecule has 0 aliphatic carbocycles. The second-order valence-corrected chi connectivity index (χ2v) is 3.89. The van der Waals surface area contributed by atoms with Crippen molar-refractivity contribution >= 4 is 5.69 Å². The normalized spacial score (nSPS) is 10.2. The van der Waals surface area contributed by atoms with Crippen molar-refractivity contribution in [1.29, 1.82) is 0 Å². The summed E-state index contributed by atoms with van der Waals surface area (Å²) in [6, 6.07) is 8.75. The van der Waals surface area contributed by atoms with Crippen molar-refractivity contribution in [2.75, 3.05) is 6.54 Å². The van der Waals surface area contributed by atoms with Gasteiger partial charge in [0.15, 0.2) is 0 Å². The topological polar surface area (TPSA) is 91.3 Å². The highest BCUT2D eigenvalue weighted by Crippen LogP contribution is 2.29. The molecule has 0 saturated carbocycles. The molecule has 0 unspecified atom stereocenters. The molecule has 0 aliphatic rings. The van der Waals surface area contributed by atoms with Gasteiger partial charge in [0.05, 0.1) is 4.92 Å². The highest BCUT2D eigenvalue weighted by atomic mass is 16.6. The van der Waals surface area contributed by atoms with E-state index < -0.39 is 4.92 Å². The first-order chi connectivity index (χ1) is 9.20. The van der Waals surface area contributed by atoms with Gasteiger partial charge >= 0.3 is 5.69 Å². The van der Waals surface area contributed by atoms with E-state index in [9.17, 15) is 10.1 Å². The van der Waals surface area contributed by atoms with Crippen molar-refractivity contribution in [3.05, 3.63) is 58.4 Å². The number of hydrogen-bond acceptors (Lipinski definition) is 5.